The molecule has 5 aromatic rings. The number of rotatable bonds is 9. The maximum atomic E-state index is 13.5. The van der Waals surface area contributed by atoms with Gasteiger partial charge < -0.3 is 10.1 Å². The van der Waals surface area contributed by atoms with Crippen LogP contribution >= 0.6 is 10.8 Å². The van der Waals surface area contributed by atoms with Gasteiger partial charge in [0.05, 0.1) is 30.1 Å². The molecule has 0 aliphatic carbocycles. The maximum absolute atomic E-state index is 13.5. The molecule has 1 aliphatic rings. The quantitative estimate of drug-likeness (QED) is 0.172. The van der Waals surface area contributed by atoms with Crippen LogP contribution in [0.15, 0.2) is 72.3 Å². The predicted octanol–water partition coefficient (Wildman–Crippen LogP) is 6.11. The number of nitrogens with one attached hydrogen (secondary N) is 1. The zero-order valence-corrected chi connectivity index (χ0v) is 27.1. The summed E-state index contributed by atoms with van der Waals surface area (Å²) in [6, 6.07) is 13.5. The van der Waals surface area contributed by atoms with Gasteiger partial charge in [0.15, 0.2) is 0 Å². The Hall–Kier alpha value is -4.43. The lowest BCUT2D eigenvalue weighted by molar-refractivity contribution is -0.116. The maximum Gasteiger partial charge on any atom is 0.239 e. The van der Waals surface area contributed by atoms with E-state index in [2.05, 4.69) is 42.7 Å². The molecule has 3 aromatic heterocycles. The van der Waals surface area contributed by atoms with Crippen molar-refractivity contribution in [1.29, 1.82) is 0 Å². The van der Waals surface area contributed by atoms with Crippen molar-refractivity contribution < 1.29 is 18.6 Å². The van der Waals surface area contributed by atoms with Crippen molar-refractivity contribution in [2.24, 2.45) is 0 Å². The second-order valence-corrected chi connectivity index (χ2v) is 13.5. The van der Waals surface area contributed by atoms with Gasteiger partial charge in [-0.1, -0.05) is 36.4 Å². The smallest absolute Gasteiger partial charge is 0.239 e. The second kappa shape index (κ2) is 13.1. The number of ether oxygens (including phenoxy) is 1. The molecule has 1 aliphatic heterocycles. The third kappa shape index (κ3) is 6.18. The van der Waals surface area contributed by atoms with Crippen molar-refractivity contribution in [2.45, 2.75) is 70.5 Å². The number of anilines is 1. The van der Waals surface area contributed by atoms with Gasteiger partial charge in [-0.2, -0.15) is 4.31 Å². The Morgan fingerprint density at radius 3 is 2.70 bits per heavy atom. The minimum atomic E-state index is -3.40. The molecule has 0 spiro atoms. The molecule has 46 heavy (non-hydrogen) atoms. The summed E-state index contributed by atoms with van der Waals surface area (Å²) < 4.78 is 32.8. The SMILES string of the molecule is CCC1CN(Cc2cc(C(CC(=O)Nc3cncnc3)c3ccc4c(nnn4CC)c3C)ccc2C)S(O)(O)c2cccnc2O1. The Morgan fingerprint density at radius 1 is 1.13 bits per heavy atom. The molecule has 4 heterocycles. The number of aryl methyl sites for hydroxylation is 3. The standard InChI is InChI=1S/C33H38N8O4S/c1-5-26-19-40(46(43,44)30-8-7-13-36-33(30)45-26)18-24-14-23(10-9-21(24)3)28(15-31(42)37-25-16-34-20-35-17-25)27-11-12-29-32(22(27)4)38-39-41(29)6-2/h7-14,16-17,20,26,28,43-44H,5-6,15,18-19H2,1-4H3,(H,37,42). The largest absolute Gasteiger partial charge is 0.472 e. The van der Waals surface area contributed by atoms with Crippen LogP contribution in [0.5, 0.6) is 5.88 Å². The van der Waals surface area contributed by atoms with E-state index < -0.39 is 10.8 Å². The molecule has 12 nitrogen and oxygen atoms in total. The molecule has 2 atom stereocenters. The summed E-state index contributed by atoms with van der Waals surface area (Å²) in [6.45, 7) is 9.32. The lowest BCUT2D eigenvalue weighted by atomic mass is 9.84. The van der Waals surface area contributed by atoms with Crippen LogP contribution in [0.4, 0.5) is 5.69 Å². The molecule has 13 heteroatoms. The molecule has 2 unspecified atom stereocenters. The molecule has 2 aromatic carbocycles. The highest BCUT2D eigenvalue weighted by Gasteiger charge is 2.36. The molecular formula is C33H38N8O4S. The van der Waals surface area contributed by atoms with Crippen LogP contribution in [0.2, 0.25) is 0 Å². The lowest BCUT2D eigenvalue weighted by Crippen LogP contribution is -2.34. The van der Waals surface area contributed by atoms with Gasteiger partial charge in [0.25, 0.3) is 0 Å². The Labute approximate surface area is 269 Å². The van der Waals surface area contributed by atoms with Gasteiger partial charge in [0, 0.05) is 31.6 Å². The van der Waals surface area contributed by atoms with Gasteiger partial charge in [-0.15, -0.1) is 15.9 Å². The first-order valence-corrected chi connectivity index (χ1v) is 16.8. The number of nitrogens with zero attached hydrogens (tertiary/aromatic N) is 7. The Kier molecular flexibility index (Phi) is 9.00. The minimum absolute atomic E-state index is 0.148. The molecule has 3 N–H and O–H groups in total. The van der Waals surface area contributed by atoms with E-state index >= 15 is 0 Å². The number of benzene rings is 2. The number of amides is 1. The summed E-state index contributed by atoms with van der Waals surface area (Å²) in [6.07, 6.45) is 6.68. The van der Waals surface area contributed by atoms with Crippen molar-refractivity contribution in [2.75, 3.05) is 11.9 Å². The van der Waals surface area contributed by atoms with Crippen LogP contribution in [-0.4, -0.2) is 61.9 Å². The van der Waals surface area contributed by atoms with E-state index in [1.165, 1.54) is 6.33 Å². The first kappa shape index (κ1) is 31.5. The zero-order chi connectivity index (χ0) is 32.4. The Morgan fingerprint density at radius 2 is 1.93 bits per heavy atom. The number of hydrogen-bond donors (Lipinski definition) is 3. The molecule has 6 rings (SSSR count). The van der Waals surface area contributed by atoms with E-state index in [4.69, 9.17) is 4.74 Å². The molecule has 0 saturated carbocycles. The number of carbonyl (C=O) groups is 1. The van der Waals surface area contributed by atoms with E-state index in [1.807, 2.05) is 50.6 Å². The van der Waals surface area contributed by atoms with Crippen molar-refractivity contribution >= 4 is 33.4 Å². The van der Waals surface area contributed by atoms with Crippen molar-refractivity contribution in [3.8, 4) is 5.88 Å². The molecule has 0 saturated heterocycles. The number of hydrogen-bond acceptors (Lipinski definition) is 10. The van der Waals surface area contributed by atoms with E-state index in [1.54, 1.807) is 35.0 Å². The average molecular weight is 643 g/mol. The third-order valence-electron chi connectivity index (χ3n) is 8.55. The van der Waals surface area contributed by atoms with Gasteiger partial charge in [-0.25, -0.2) is 19.6 Å². The number of pyridine rings is 1. The van der Waals surface area contributed by atoms with E-state index in [0.717, 1.165) is 38.9 Å². The van der Waals surface area contributed by atoms with Crippen LogP contribution in [0.3, 0.4) is 0 Å². The summed E-state index contributed by atoms with van der Waals surface area (Å²) in [5.41, 5.74) is 6.99. The normalized spacial score (nSPS) is 17.5. The summed E-state index contributed by atoms with van der Waals surface area (Å²) >= 11 is 0. The summed E-state index contributed by atoms with van der Waals surface area (Å²) in [7, 11) is -3.40. The fourth-order valence-corrected chi connectivity index (χ4v) is 7.50. The summed E-state index contributed by atoms with van der Waals surface area (Å²) in [5, 5.41) is 11.7. The first-order valence-electron chi connectivity index (χ1n) is 15.3. The predicted molar refractivity (Wildman–Crippen MR) is 177 cm³/mol. The van der Waals surface area contributed by atoms with Crippen LogP contribution in [0.25, 0.3) is 11.0 Å². The molecule has 0 radical (unpaired) electrons. The minimum Gasteiger partial charge on any atom is -0.472 e. The highest BCUT2D eigenvalue weighted by Crippen LogP contribution is 2.57. The highest BCUT2D eigenvalue weighted by atomic mass is 32.3. The molecular weight excluding hydrogens is 604 g/mol. The number of carbonyl (C=O) groups excluding carboxylic acids is 1. The van der Waals surface area contributed by atoms with E-state index in [-0.39, 0.29) is 41.7 Å². The van der Waals surface area contributed by atoms with Crippen LogP contribution in [0.1, 0.15) is 60.4 Å². The topological polar surface area (TPSA) is 151 Å². The Balaban J connectivity index is 1.39. The van der Waals surface area contributed by atoms with Gasteiger partial charge in [0.2, 0.25) is 11.8 Å². The van der Waals surface area contributed by atoms with Crippen molar-refractivity contribution in [3.05, 3.63) is 95.2 Å². The highest BCUT2D eigenvalue weighted by molar-refractivity contribution is 8.22. The zero-order valence-electron chi connectivity index (χ0n) is 26.3. The van der Waals surface area contributed by atoms with Gasteiger partial charge >= 0.3 is 0 Å². The Bertz CT molecular complexity index is 1870. The monoisotopic (exact) mass is 642 g/mol. The lowest BCUT2D eigenvalue weighted by Gasteiger charge is -2.41. The molecule has 1 amide bonds. The van der Waals surface area contributed by atoms with Crippen molar-refractivity contribution in [3.63, 3.8) is 0 Å². The van der Waals surface area contributed by atoms with Crippen molar-refractivity contribution in [1.82, 2.24) is 34.3 Å². The van der Waals surface area contributed by atoms with Gasteiger partial charge in [0.1, 0.15) is 22.8 Å². The molecule has 0 fully saturated rings. The molecule has 0 bridgehead atoms. The summed E-state index contributed by atoms with van der Waals surface area (Å²) in [5.74, 6) is -0.267. The second-order valence-electron chi connectivity index (χ2n) is 11.5. The fraction of sp³-hybridized carbons (Fsp3) is 0.333. The molecule has 240 valence electrons. The first-order chi connectivity index (χ1) is 22.2. The van der Waals surface area contributed by atoms with Gasteiger partial charge in [-0.3, -0.25) is 13.9 Å². The summed E-state index contributed by atoms with van der Waals surface area (Å²) in [4.78, 5) is 26.1. The van der Waals surface area contributed by atoms with Crippen LogP contribution in [-0.2, 0) is 17.9 Å². The van der Waals surface area contributed by atoms with Gasteiger partial charge in [-0.05, 0) is 73.2 Å². The third-order valence-corrected chi connectivity index (χ3v) is 10.4. The number of aromatic nitrogens is 6. The van der Waals surface area contributed by atoms with E-state index in [0.29, 0.717) is 25.2 Å². The fourth-order valence-electron chi connectivity index (χ4n) is 5.94. The van der Waals surface area contributed by atoms with Crippen LogP contribution < -0.4 is 10.1 Å². The average Bonchev–Trinajstić information content (AvgIpc) is 3.45. The number of fused-ring (bicyclic) bond motifs is 2. The van der Waals surface area contributed by atoms with Crippen LogP contribution in [0, 0.1) is 13.8 Å². The van der Waals surface area contributed by atoms with E-state index in [9.17, 15) is 13.9 Å².